The third kappa shape index (κ3) is 5.70. The van der Waals surface area contributed by atoms with Crippen LogP contribution in [0.25, 0.3) is 10.9 Å². The van der Waals surface area contributed by atoms with Gasteiger partial charge in [0.25, 0.3) is 5.91 Å². The number of halogens is 1. The smallest absolute Gasteiger partial charge is 0.255 e. The largest absolute Gasteiger partial charge is 0.490 e. The van der Waals surface area contributed by atoms with E-state index in [1.165, 1.54) is 12.1 Å². The fourth-order valence-electron chi connectivity index (χ4n) is 4.39. The molecule has 2 aromatic carbocycles. The number of rotatable bonds is 7. The van der Waals surface area contributed by atoms with Gasteiger partial charge in [0.1, 0.15) is 23.7 Å². The molecule has 0 radical (unpaired) electrons. The zero-order valence-electron chi connectivity index (χ0n) is 19.5. The Morgan fingerprint density at radius 2 is 1.80 bits per heavy atom. The maximum Gasteiger partial charge on any atom is 0.255 e. The van der Waals surface area contributed by atoms with Crippen molar-refractivity contribution in [3.05, 3.63) is 60.0 Å². The molecule has 0 unspecified atom stereocenters. The van der Waals surface area contributed by atoms with Gasteiger partial charge >= 0.3 is 0 Å². The molecule has 2 saturated heterocycles. The number of pyridine rings is 1. The van der Waals surface area contributed by atoms with Crippen molar-refractivity contribution in [1.82, 2.24) is 9.88 Å². The third-order valence-electron chi connectivity index (χ3n) is 6.27. The third-order valence-corrected chi connectivity index (χ3v) is 6.27. The molecule has 3 heterocycles. The fourth-order valence-corrected chi connectivity index (χ4v) is 4.39. The van der Waals surface area contributed by atoms with E-state index in [0.717, 1.165) is 38.2 Å². The summed E-state index contributed by atoms with van der Waals surface area (Å²) in [6.07, 6.45) is 1.70. The Balaban J connectivity index is 1.31. The van der Waals surface area contributed by atoms with Crippen LogP contribution in [-0.2, 0) is 9.47 Å². The first-order valence-electron chi connectivity index (χ1n) is 11.9. The Bertz CT molecular complexity index is 1180. The van der Waals surface area contributed by atoms with E-state index in [4.69, 9.17) is 14.2 Å². The lowest BCUT2D eigenvalue weighted by Gasteiger charge is -2.29. The van der Waals surface area contributed by atoms with Crippen LogP contribution in [0.15, 0.2) is 48.7 Å². The Kier molecular flexibility index (Phi) is 7.37. The molecule has 2 aliphatic heterocycles. The van der Waals surface area contributed by atoms with Crippen LogP contribution in [0.5, 0.6) is 5.75 Å². The molecule has 8 nitrogen and oxygen atoms in total. The minimum absolute atomic E-state index is 0.259. The Morgan fingerprint density at radius 3 is 2.60 bits per heavy atom. The standard InChI is InChI=1S/C26H29FN4O4/c27-20-16-19(17-21(18-20)31-9-13-34-14-10-31)26(32)29-23-3-4-24(25-22(23)2-1-5-28-25)35-15-8-30-6-11-33-12-7-30/h1-5,16-18H,6-15H2,(H,29,32). The maximum atomic E-state index is 14.4. The molecule has 0 aliphatic carbocycles. The number of morpholine rings is 2. The van der Waals surface area contributed by atoms with Gasteiger partial charge in [-0.25, -0.2) is 4.39 Å². The maximum absolute atomic E-state index is 14.4. The summed E-state index contributed by atoms with van der Waals surface area (Å²) in [5.41, 5.74) is 2.19. The summed E-state index contributed by atoms with van der Waals surface area (Å²) in [7, 11) is 0. The molecular formula is C26H29FN4O4. The van der Waals surface area contributed by atoms with Crippen LogP contribution < -0.4 is 15.0 Å². The van der Waals surface area contributed by atoms with Crippen molar-refractivity contribution < 1.29 is 23.4 Å². The molecule has 3 aromatic rings. The van der Waals surface area contributed by atoms with Gasteiger partial charge < -0.3 is 24.4 Å². The lowest BCUT2D eigenvalue weighted by Crippen LogP contribution is -2.38. The number of amides is 1. The van der Waals surface area contributed by atoms with Gasteiger partial charge in [-0.2, -0.15) is 0 Å². The molecule has 0 saturated carbocycles. The van der Waals surface area contributed by atoms with Crippen molar-refractivity contribution in [3.63, 3.8) is 0 Å². The van der Waals surface area contributed by atoms with Gasteiger partial charge in [0.15, 0.2) is 0 Å². The zero-order chi connectivity index (χ0) is 24.0. The van der Waals surface area contributed by atoms with Crippen LogP contribution in [0.1, 0.15) is 10.4 Å². The number of carbonyl (C=O) groups excluding carboxylic acids is 1. The van der Waals surface area contributed by atoms with E-state index in [9.17, 15) is 9.18 Å². The number of hydrogen-bond acceptors (Lipinski definition) is 7. The SMILES string of the molecule is O=C(Nc1ccc(OCCN2CCOCC2)c2ncccc12)c1cc(F)cc(N2CCOCC2)c1. The van der Waals surface area contributed by atoms with E-state index in [1.807, 2.05) is 23.1 Å². The van der Waals surface area contributed by atoms with Crippen molar-refractivity contribution in [2.24, 2.45) is 0 Å². The monoisotopic (exact) mass is 480 g/mol. The predicted octanol–water partition coefficient (Wildman–Crippen LogP) is 3.17. The number of aromatic nitrogens is 1. The lowest BCUT2D eigenvalue weighted by molar-refractivity contribution is 0.0323. The summed E-state index contributed by atoms with van der Waals surface area (Å²) in [5, 5.41) is 3.69. The summed E-state index contributed by atoms with van der Waals surface area (Å²) >= 11 is 0. The second-order valence-electron chi connectivity index (χ2n) is 8.56. The predicted molar refractivity (Wildman–Crippen MR) is 132 cm³/mol. The molecule has 0 spiro atoms. The number of nitrogens with zero attached hydrogens (tertiary/aromatic N) is 3. The summed E-state index contributed by atoms with van der Waals surface area (Å²) in [5.74, 6) is -0.174. The molecule has 2 aliphatic rings. The van der Waals surface area contributed by atoms with Gasteiger partial charge in [0.2, 0.25) is 0 Å². The molecule has 0 atom stereocenters. The normalized spacial score (nSPS) is 16.9. The van der Waals surface area contributed by atoms with Crippen LogP contribution in [0.4, 0.5) is 15.8 Å². The summed E-state index contributed by atoms with van der Waals surface area (Å²) in [6, 6.07) is 11.7. The number of nitrogens with one attached hydrogen (secondary N) is 1. The fraction of sp³-hybridized carbons (Fsp3) is 0.385. The first-order valence-corrected chi connectivity index (χ1v) is 11.9. The lowest BCUT2D eigenvalue weighted by atomic mass is 10.1. The zero-order valence-corrected chi connectivity index (χ0v) is 19.5. The second-order valence-corrected chi connectivity index (χ2v) is 8.56. The number of ether oxygens (including phenoxy) is 3. The molecular weight excluding hydrogens is 451 g/mol. The first kappa shape index (κ1) is 23.5. The van der Waals surface area contributed by atoms with Crippen LogP contribution >= 0.6 is 0 Å². The van der Waals surface area contributed by atoms with E-state index in [0.29, 0.717) is 55.6 Å². The van der Waals surface area contributed by atoms with E-state index in [-0.39, 0.29) is 11.5 Å². The molecule has 1 N–H and O–H groups in total. The molecule has 2 fully saturated rings. The van der Waals surface area contributed by atoms with E-state index in [2.05, 4.69) is 15.2 Å². The van der Waals surface area contributed by atoms with E-state index >= 15 is 0 Å². The average Bonchev–Trinajstić information content (AvgIpc) is 2.90. The Hall–Kier alpha value is -3.27. The van der Waals surface area contributed by atoms with Crippen LogP contribution in [-0.4, -0.2) is 81.5 Å². The minimum Gasteiger partial charge on any atom is -0.490 e. The molecule has 1 amide bonds. The molecule has 35 heavy (non-hydrogen) atoms. The second kappa shape index (κ2) is 11.0. The molecule has 5 rings (SSSR count). The first-order chi connectivity index (χ1) is 17.2. The van der Waals surface area contributed by atoms with E-state index in [1.54, 1.807) is 18.3 Å². The number of hydrogen-bond donors (Lipinski definition) is 1. The number of fused-ring (bicyclic) bond motifs is 1. The molecule has 9 heteroatoms. The van der Waals surface area contributed by atoms with Gasteiger partial charge in [-0.3, -0.25) is 14.7 Å². The quantitative estimate of drug-likeness (QED) is 0.557. The summed E-state index contributed by atoms with van der Waals surface area (Å²) in [4.78, 5) is 21.9. The van der Waals surface area contributed by atoms with Gasteiger partial charge in [-0.15, -0.1) is 0 Å². The van der Waals surface area contributed by atoms with Crippen molar-refractivity contribution in [2.75, 3.05) is 76.0 Å². The van der Waals surface area contributed by atoms with Gasteiger partial charge in [-0.05, 0) is 42.5 Å². The van der Waals surface area contributed by atoms with Crippen LogP contribution in [0.3, 0.4) is 0 Å². The highest BCUT2D eigenvalue weighted by molar-refractivity contribution is 6.09. The average molecular weight is 481 g/mol. The minimum atomic E-state index is -0.449. The Labute approximate surface area is 203 Å². The summed E-state index contributed by atoms with van der Waals surface area (Å²) < 4.78 is 31.2. The topological polar surface area (TPSA) is 76.2 Å². The highest BCUT2D eigenvalue weighted by Crippen LogP contribution is 2.31. The van der Waals surface area contributed by atoms with Gasteiger partial charge in [0, 0.05) is 55.6 Å². The number of carbonyl (C=O) groups is 1. The van der Waals surface area contributed by atoms with Crippen molar-refractivity contribution in [1.29, 1.82) is 0 Å². The van der Waals surface area contributed by atoms with Crippen molar-refractivity contribution in [2.45, 2.75) is 0 Å². The summed E-state index contributed by atoms with van der Waals surface area (Å²) in [6.45, 7) is 7.13. The number of anilines is 2. The van der Waals surface area contributed by atoms with Crippen molar-refractivity contribution in [3.8, 4) is 5.75 Å². The highest BCUT2D eigenvalue weighted by Gasteiger charge is 2.17. The van der Waals surface area contributed by atoms with Crippen LogP contribution in [0, 0.1) is 5.82 Å². The number of benzene rings is 2. The van der Waals surface area contributed by atoms with Crippen molar-refractivity contribution >= 4 is 28.2 Å². The highest BCUT2D eigenvalue weighted by atomic mass is 19.1. The Morgan fingerprint density at radius 1 is 1.03 bits per heavy atom. The molecule has 184 valence electrons. The van der Waals surface area contributed by atoms with Gasteiger partial charge in [-0.1, -0.05) is 0 Å². The molecule has 0 bridgehead atoms. The molecule has 1 aromatic heterocycles. The van der Waals surface area contributed by atoms with Crippen LogP contribution in [0.2, 0.25) is 0 Å². The van der Waals surface area contributed by atoms with E-state index < -0.39 is 5.82 Å². The van der Waals surface area contributed by atoms with Gasteiger partial charge in [0.05, 0.1) is 32.1 Å².